The van der Waals surface area contributed by atoms with Crippen LogP contribution in [0.25, 0.3) is 0 Å². The van der Waals surface area contributed by atoms with Gasteiger partial charge in [-0.2, -0.15) is 5.26 Å². The topological polar surface area (TPSA) is 88.1 Å². The molecule has 0 heterocycles. The molecule has 0 atom stereocenters. The molecule has 1 rings (SSSR count). The van der Waals surface area contributed by atoms with E-state index in [4.69, 9.17) is 15.7 Å². The van der Waals surface area contributed by atoms with E-state index in [1.54, 1.807) is 19.9 Å². The van der Waals surface area contributed by atoms with Crippen LogP contribution in [0, 0.1) is 11.3 Å². The number of ether oxygens (including phenoxy) is 1. The van der Waals surface area contributed by atoms with Crippen molar-refractivity contribution in [1.82, 2.24) is 5.32 Å². The lowest BCUT2D eigenvalue weighted by Gasteiger charge is -2.23. The molecule has 18 heavy (non-hydrogen) atoms. The Morgan fingerprint density at radius 3 is 2.78 bits per heavy atom. The van der Waals surface area contributed by atoms with Gasteiger partial charge in [-0.25, -0.2) is 0 Å². The number of carbonyl (C=O) groups excluding carboxylic acids is 1. The van der Waals surface area contributed by atoms with Crippen LogP contribution in [-0.2, 0) is 11.3 Å². The lowest BCUT2D eigenvalue weighted by molar-refractivity contribution is -0.123. The molecule has 0 aromatic heterocycles. The predicted octanol–water partition coefficient (Wildman–Crippen LogP) is 0.942. The van der Waals surface area contributed by atoms with Crippen molar-refractivity contribution in [2.45, 2.75) is 25.9 Å². The number of hydrogen-bond donors (Lipinski definition) is 2. The van der Waals surface area contributed by atoms with Gasteiger partial charge in [-0.3, -0.25) is 10.1 Å². The molecule has 0 unspecified atom stereocenters. The maximum atomic E-state index is 11.2. The highest BCUT2D eigenvalue weighted by molar-refractivity contribution is 5.83. The molecule has 0 fully saturated rings. The van der Waals surface area contributed by atoms with Crippen LogP contribution in [0.15, 0.2) is 24.3 Å². The largest absolute Gasteiger partial charge is 0.478 e. The lowest BCUT2D eigenvalue weighted by Crippen LogP contribution is -2.50. The number of nitrogens with zero attached hydrogens (tertiary/aromatic N) is 1. The molecular formula is C13H17N3O2. The van der Waals surface area contributed by atoms with E-state index in [1.165, 1.54) is 0 Å². The van der Waals surface area contributed by atoms with Crippen molar-refractivity contribution in [2.24, 2.45) is 5.73 Å². The molecule has 0 radical (unpaired) electrons. The first-order chi connectivity index (χ1) is 8.47. The highest BCUT2D eigenvalue weighted by Crippen LogP contribution is 2.18. The molecule has 0 saturated heterocycles. The fourth-order valence-electron chi connectivity index (χ4n) is 1.30. The highest BCUT2D eigenvalue weighted by atomic mass is 16.5. The summed E-state index contributed by atoms with van der Waals surface area (Å²) in [6.07, 6.45) is 0. The molecule has 5 heteroatoms. The van der Waals surface area contributed by atoms with Gasteiger partial charge in [-0.05, 0) is 19.9 Å². The minimum Gasteiger partial charge on any atom is -0.478 e. The summed E-state index contributed by atoms with van der Waals surface area (Å²) in [7, 11) is 0. The minimum absolute atomic E-state index is 0.00374. The standard InChI is InChI=1S/C13H17N3O2/c1-13(2,12(15)17)16-9-10-5-3-4-6-11(10)18-8-7-14/h3-6,16H,8-9H2,1-2H3,(H2,15,17). The second-order valence-corrected chi connectivity index (χ2v) is 4.40. The van der Waals surface area contributed by atoms with E-state index >= 15 is 0 Å². The maximum absolute atomic E-state index is 11.2. The van der Waals surface area contributed by atoms with Gasteiger partial charge < -0.3 is 10.5 Å². The molecule has 0 bridgehead atoms. The Morgan fingerprint density at radius 2 is 2.17 bits per heavy atom. The van der Waals surface area contributed by atoms with Crippen molar-refractivity contribution in [3.05, 3.63) is 29.8 Å². The number of rotatable bonds is 6. The van der Waals surface area contributed by atoms with Crippen molar-refractivity contribution in [2.75, 3.05) is 6.61 Å². The second kappa shape index (κ2) is 6.03. The van der Waals surface area contributed by atoms with Crippen LogP contribution < -0.4 is 15.8 Å². The molecule has 1 aromatic rings. The second-order valence-electron chi connectivity index (χ2n) is 4.40. The zero-order chi connectivity index (χ0) is 13.6. The first-order valence-electron chi connectivity index (χ1n) is 5.60. The summed E-state index contributed by atoms with van der Waals surface area (Å²) in [4.78, 5) is 11.2. The molecule has 0 aliphatic carbocycles. The summed E-state index contributed by atoms with van der Waals surface area (Å²) in [6.45, 7) is 3.87. The Hall–Kier alpha value is -2.06. The minimum atomic E-state index is -0.789. The van der Waals surface area contributed by atoms with E-state index in [0.29, 0.717) is 12.3 Å². The number of para-hydroxylation sites is 1. The van der Waals surface area contributed by atoms with Gasteiger partial charge in [-0.15, -0.1) is 0 Å². The van der Waals surface area contributed by atoms with Gasteiger partial charge in [0.1, 0.15) is 11.8 Å². The van der Waals surface area contributed by atoms with Crippen molar-refractivity contribution >= 4 is 5.91 Å². The third-order valence-electron chi connectivity index (χ3n) is 2.60. The van der Waals surface area contributed by atoms with Gasteiger partial charge in [0.2, 0.25) is 5.91 Å². The highest BCUT2D eigenvalue weighted by Gasteiger charge is 2.24. The normalized spacial score (nSPS) is 10.7. The Balaban J connectivity index is 2.73. The monoisotopic (exact) mass is 247 g/mol. The molecule has 0 aliphatic heterocycles. The SMILES string of the molecule is CC(C)(NCc1ccccc1OCC#N)C(N)=O. The van der Waals surface area contributed by atoms with Gasteiger partial charge in [0, 0.05) is 12.1 Å². The van der Waals surface area contributed by atoms with E-state index in [2.05, 4.69) is 5.32 Å². The Morgan fingerprint density at radius 1 is 1.50 bits per heavy atom. The Bertz CT molecular complexity index is 464. The van der Waals surface area contributed by atoms with Crippen molar-refractivity contribution in [3.8, 4) is 11.8 Å². The fourth-order valence-corrected chi connectivity index (χ4v) is 1.30. The van der Waals surface area contributed by atoms with Gasteiger partial charge >= 0.3 is 0 Å². The van der Waals surface area contributed by atoms with Crippen molar-refractivity contribution < 1.29 is 9.53 Å². The number of nitrogens with one attached hydrogen (secondary N) is 1. The fraction of sp³-hybridized carbons (Fsp3) is 0.385. The van der Waals surface area contributed by atoms with Crippen LogP contribution in [0.2, 0.25) is 0 Å². The van der Waals surface area contributed by atoms with E-state index in [-0.39, 0.29) is 6.61 Å². The molecule has 0 aliphatic rings. The van der Waals surface area contributed by atoms with Crippen LogP contribution in [0.1, 0.15) is 19.4 Å². The molecule has 0 spiro atoms. The Kier molecular flexibility index (Phi) is 4.69. The summed E-state index contributed by atoms with van der Waals surface area (Å²) < 4.78 is 5.29. The number of hydrogen-bond acceptors (Lipinski definition) is 4. The van der Waals surface area contributed by atoms with Gasteiger partial charge in [0.25, 0.3) is 0 Å². The number of nitriles is 1. The molecule has 5 nitrogen and oxygen atoms in total. The number of amides is 1. The van der Waals surface area contributed by atoms with Crippen LogP contribution in [0.4, 0.5) is 0 Å². The summed E-state index contributed by atoms with van der Waals surface area (Å²) in [6, 6.07) is 9.27. The molecular weight excluding hydrogens is 230 g/mol. The summed E-state index contributed by atoms with van der Waals surface area (Å²) in [5.41, 5.74) is 5.36. The molecule has 3 N–H and O–H groups in total. The van der Waals surface area contributed by atoms with Crippen LogP contribution in [-0.4, -0.2) is 18.1 Å². The maximum Gasteiger partial charge on any atom is 0.237 e. The third kappa shape index (κ3) is 3.75. The number of primary amides is 1. The number of nitrogens with two attached hydrogens (primary N) is 1. The van der Waals surface area contributed by atoms with Crippen molar-refractivity contribution in [1.29, 1.82) is 5.26 Å². The molecule has 0 saturated carbocycles. The summed E-state index contributed by atoms with van der Waals surface area (Å²) in [5, 5.41) is 11.6. The lowest BCUT2D eigenvalue weighted by atomic mass is 10.0. The van der Waals surface area contributed by atoms with E-state index in [1.807, 2.05) is 24.3 Å². The third-order valence-corrected chi connectivity index (χ3v) is 2.60. The average molecular weight is 247 g/mol. The molecule has 96 valence electrons. The zero-order valence-electron chi connectivity index (χ0n) is 10.6. The van der Waals surface area contributed by atoms with Gasteiger partial charge in [0.05, 0.1) is 5.54 Å². The summed E-state index contributed by atoms with van der Waals surface area (Å²) >= 11 is 0. The smallest absolute Gasteiger partial charge is 0.237 e. The van der Waals surface area contributed by atoms with Crippen LogP contribution in [0.3, 0.4) is 0 Å². The predicted molar refractivity (Wildman–Crippen MR) is 67.7 cm³/mol. The Labute approximate surface area is 107 Å². The first-order valence-corrected chi connectivity index (χ1v) is 5.60. The van der Waals surface area contributed by atoms with Gasteiger partial charge in [0.15, 0.2) is 6.61 Å². The van der Waals surface area contributed by atoms with Crippen molar-refractivity contribution in [3.63, 3.8) is 0 Å². The van der Waals surface area contributed by atoms with E-state index in [9.17, 15) is 4.79 Å². The van der Waals surface area contributed by atoms with Crippen LogP contribution in [0.5, 0.6) is 5.75 Å². The van der Waals surface area contributed by atoms with Crippen LogP contribution >= 0.6 is 0 Å². The van der Waals surface area contributed by atoms with E-state index in [0.717, 1.165) is 5.56 Å². The molecule has 1 aromatic carbocycles. The quantitative estimate of drug-likeness (QED) is 0.783. The number of benzene rings is 1. The van der Waals surface area contributed by atoms with E-state index < -0.39 is 11.4 Å². The average Bonchev–Trinajstić information content (AvgIpc) is 2.34. The number of carbonyl (C=O) groups is 1. The van der Waals surface area contributed by atoms with Gasteiger partial charge in [-0.1, -0.05) is 18.2 Å². The first kappa shape index (κ1) is 14.0. The molecule has 1 amide bonds. The summed E-state index contributed by atoms with van der Waals surface area (Å²) in [5.74, 6) is 0.213. The zero-order valence-corrected chi connectivity index (χ0v) is 10.6.